The molecule has 8 heteroatoms. The van der Waals surface area contributed by atoms with Crippen LogP contribution in [0, 0.1) is 5.82 Å². The van der Waals surface area contributed by atoms with Crippen molar-refractivity contribution in [3.8, 4) is 11.5 Å². The number of carbonyl (C=O) groups is 2. The van der Waals surface area contributed by atoms with Crippen molar-refractivity contribution >= 4 is 17.5 Å². The summed E-state index contributed by atoms with van der Waals surface area (Å²) in [6, 6.07) is 9.38. The SMILES string of the molecule is C/C(CC(=O)NCc1ccc(F)cc1)=N/NC(=O)c1ccc(O)c(O)c1. The van der Waals surface area contributed by atoms with Crippen LogP contribution in [-0.4, -0.2) is 27.7 Å². The summed E-state index contributed by atoms with van der Waals surface area (Å²) in [6.07, 6.45) is -0.0255. The number of hydrazone groups is 1. The molecular formula is C18H18FN3O4. The van der Waals surface area contributed by atoms with Crippen LogP contribution in [0.5, 0.6) is 11.5 Å². The van der Waals surface area contributed by atoms with Gasteiger partial charge in [-0.1, -0.05) is 12.1 Å². The lowest BCUT2D eigenvalue weighted by Crippen LogP contribution is -2.26. The summed E-state index contributed by atoms with van der Waals surface area (Å²) in [4.78, 5) is 23.7. The third-order valence-electron chi connectivity index (χ3n) is 3.41. The van der Waals surface area contributed by atoms with Crippen LogP contribution < -0.4 is 10.7 Å². The van der Waals surface area contributed by atoms with Crippen molar-refractivity contribution in [1.82, 2.24) is 10.7 Å². The molecule has 2 aromatic rings. The molecule has 0 heterocycles. The minimum absolute atomic E-state index is 0.0255. The van der Waals surface area contributed by atoms with Gasteiger partial charge in [0, 0.05) is 17.8 Å². The molecule has 0 aliphatic heterocycles. The summed E-state index contributed by atoms with van der Waals surface area (Å²) in [5.41, 5.74) is 3.51. The largest absolute Gasteiger partial charge is 0.504 e. The third kappa shape index (κ3) is 5.59. The van der Waals surface area contributed by atoms with Gasteiger partial charge in [0.15, 0.2) is 11.5 Å². The van der Waals surface area contributed by atoms with E-state index < -0.39 is 11.7 Å². The topological polar surface area (TPSA) is 111 Å². The molecule has 0 saturated carbocycles. The number of hydrogen-bond donors (Lipinski definition) is 4. The number of aromatic hydroxyl groups is 2. The van der Waals surface area contributed by atoms with E-state index in [0.717, 1.165) is 11.6 Å². The summed E-state index contributed by atoms with van der Waals surface area (Å²) in [5, 5.41) is 25.1. The van der Waals surface area contributed by atoms with Crippen molar-refractivity contribution in [2.75, 3.05) is 0 Å². The first-order valence-electron chi connectivity index (χ1n) is 7.72. The molecule has 0 bridgehead atoms. The number of hydrogen-bond acceptors (Lipinski definition) is 5. The van der Waals surface area contributed by atoms with Crippen LogP contribution in [0.15, 0.2) is 47.6 Å². The molecule has 136 valence electrons. The minimum atomic E-state index is -0.591. The monoisotopic (exact) mass is 359 g/mol. The molecule has 0 saturated heterocycles. The Morgan fingerprint density at radius 3 is 2.42 bits per heavy atom. The number of amides is 2. The van der Waals surface area contributed by atoms with Crippen LogP contribution in [0.4, 0.5) is 4.39 Å². The maximum absolute atomic E-state index is 12.8. The van der Waals surface area contributed by atoms with Gasteiger partial charge in [0.2, 0.25) is 5.91 Å². The van der Waals surface area contributed by atoms with Crippen LogP contribution in [0.3, 0.4) is 0 Å². The summed E-state index contributed by atoms with van der Waals surface area (Å²) < 4.78 is 12.8. The van der Waals surface area contributed by atoms with Gasteiger partial charge in [0.1, 0.15) is 5.82 Å². The molecule has 0 aliphatic carbocycles. The number of nitrogens with one attached hydrogen (secondary N) is 2. The van der Waals surface area contributed by atoms with E-state index in [4.69, 9.17) is 0 Å². The van der Waals surface area contributed by atoms with Crippen molar-refractivity contribution in [2.45, 2.75) is 19.9 Å². The first kappa shape index (κ1) is 18.9. The van der Waals surface area contributed by atoms with Crippen molar-refractivity contribution in [2.24, 2.45) is 5.10 Å². The first-order valence-corrected chi connectivity index (χ1v) is 7.72. The lowest BCUT2D eigenvalue weighted by atomic mass is 10.2. The highest BCUT2D eigenvalue weighted by Crippen LogP contribution is 2.24. The fourth-order valence-electron chi connectivity index (χ4n) is 2.01. The second kappa shape index (κ2) is 8.61. The average molecular weight is 359 g/mol. The van der Waals surface area contributed by atoms with Crippen LogP contribution in [0.25, 0.3) is 0 Å². The number of benzene rings is 2. The molecule has 0 atom stereocenters. The Balaban J connectivity index is 1.82. The molecule has 2 rings (SSSR count). The molecule has 26 heavy (non-hydrogen) atoms. The van der Waals surface area contributed by atoms with E-state index in [1.807, 2.05) is 0 Å². The average Bonchev–Trinajstić information content (AvgIpc) is 2.61. The Bertz CT molecular complexity index is 835. The first-order chi connectivity index (χ1) is 12.3. The number of halogens is 1. The normalized spacial score (nSPS) is 11.1. The third-order valence-corrected chi connectivity index (χ3v) is 3.41. The molecule has 0 fully saturated rings. The van der Waals surface area contributed by atoms with E-state index in [0.29, 0.717) is 5.71 Å². The Kier molecular flexibility index (Phi) is 6.26. The second-order valence-corrected chi connectivity index (χ2v) is 5.57. The highest BCUT2D eigenvalue weighted by molar-refractivity contribution is 6.01. The van der Waals surface area contributed by atoms with Crippen LogP contribution >= 0.6 is 0 Å². The predicted octanol–water partition coefficient (Wildman–Crippen LogP) is 2.05. The van der Waals surface area contributed by atoms with Gasteiger partial charge in [-0.3, -0.25) is 9.59 Å². The van der Waals surface area contributed by atoms with Gasteiger partial charge in [-0.2, -0.15) is 5.10 Å². The number of phenolic OH excluding ortho intramolecular Hbond substituents is 2. The molecule has 0 spiro atoms. The Labute approximate surface area is 149 Å². The highest BCUT2D eigenvalue weighted by atomic mass is 19.1. The van der Waals surface area contributed by atoms with Crippen molar-refractivity contribution < 1.29 is 24.2 Å². The van der Waals surface area contributed by atoms with E-state index in [-0.39, 0.29) is 36.0 Å². The number of carbonyl (C=O) groups excluding carboxylic acids is 2. The lowest BCUT2D eigenvalue weighted by Gasteiger charge is -2.06. The maximum Gasteiger partial charge on any atom is 0.271 e. The minimum Gasteiger partial charge on any atom is -0.504 e. The van der Waals surface area contributed by atoms with Gasteiger partial charge in [0.05, 0.1) is 6.42 Å². The van der Waals surface area contributed by atoms with E-state index >= 15 is 0 Å². The molecule has 2 amide bonds. The number of nitrogens with zero attached hydrogens (tertiary/aromatic N) is 1. The number of rotatable bonds is 6. The smallest absolute Gasteiger partial charge is 0.271 e. The maximum atomic E-state index is 12.8. The fourth-order valence-corrected chi connectivity index (χ4v) is 2.01. The van der Waals surface area contributed by atoms with Gasteiger partial charge >= 0.3 is 0 Å². The van der Waals surface area contributed by atoms with Crippen LogP contribution in [-0.2, 0) is 11.3 Å². The molecular weight excluding hydrogens is 341 g/mol. The van der Waals surface area contributed by atoms with E-state index in [1.165, 1.54) is 24.3 Å². The van der Waals surface area contributed by atoms with Crippen molar-refractivity contribution in [3.63, 3.8) is 0 Å². The summed E-state index contributed by atoms with van der Waals surface area (Å²) >= 11 is 0. The van der Waals surface area contributed by atoms with Crippen molar-refractivity contribution in [3.05, 3.63) is 59.4 Å². The summed E-state index contributed by atoms with van der Waals surface area (Å²) in [6.45, 7) is 1.83. The van der Waals surface area contributed by atoms with Crippen LogP contribution in [0.1, 0.15) is 29.3 Å². The van der Waals surface area contributed by atoms with E-state index in [1.54, 1.807) is 19.1 Å². The Hall–Kier alpha value is -3.42. The Morgan fingerprint density at radius 2 is 1.77 bits per heavy atom. The van der Waals surface area contributed by atoms with Gasteiger partial charge in [0.25, 0.3) is 5.91 Å². The number of phenols is 2. The molecule has 0 radical (unpaired) electrons. The van der Waals surface area contributed by atoms with Gasteiger partial charge in [-0.05, 0) is 42.8 Å². The zero-order valence-electron chi connectivity index (χ0n) is 14.0. The summed E-state index contributed by atoms with van der Waals surface area (Å²) in [7, 11) is 0. The molecule has 0 unspecified atom stereocenters. The second-order valence-electron chi connectivity index (χ2n) is 5.57. The Morgan fingerprint density at radius 1 is 1.08 bits per heavy atom. The zero-order chi connectivity index (χ0) is 19.1. The van der Waals surface area contributed by atoms with Gasteiger partial charge in [-0.25, -0.2) is 9.82 Å². The quantitative estimate of drug-likeness (QED) is 0.359. The molecule has 7 nitrogen and oxygen atoms in total. The summed E-state index contributed by atoms with van der Waals surface area (Å²) in [5.74, 6) is -1.99. The van der Waals surface area contributed by atoms with Gasteiger partial charge < -0.3 is 15.5 Å². The predicted molar refractivity (Wildman–Crippen MR) is 93.2 cm³/mol. The van der Waals surface area contributed by atoms with Crippen LogP contribution in [0.2, 0.25) is 0 Å². The molecule has 4 N–H and O–H groups in total. The van der Waals surface area contributed by atoms with E-state index in [2.05, 4.69) is 15.8 Å². The fraction of sp³-hybridized carbons (Fsp3) is 0.167. The highest BCUT2D eigenvalue weighted by Gasteiger charge is 2.09. The molecule has 0 aromatic heterocycles. The van der Waals surface area contributed by atoms with Gasteiger partial charge in [-0.15, -0.1) is 0 Å². The molecule has 2 aromatic carbocycles. The lowest BCUT2D eigenvalue weighted by molar-refractivity contribution is -0.120. The van der Waals surface area contributed by atoms with Crippen molar-refractivity contribution in [1.29, 1.82) is 0 Å². The standard InChI is InChI=1S/C18H18FN3O4/c1-11(8-17(25)20-10-12-2-5-14(19)6-3-12)21-22-18(26)13-4-7-15(23)16(24)9-13/h2-7,9,23-24H,8,10H2,1H3,(H,20,25)(H,22,26)/b21-11-. The van der Waals surface area contributed by atoms with E-state index in [9.17, 15) is 24.2 Å². The zero-order valence-corrected chi connectivity index (χ0v) is 14.0. The molecule has 0 aliphatic rings.